The van der Waals surface area contributed by atoms with Crippen LogP contribution in [-0.4, -0.2) is 72.1 Å². The van der Waals surface area contributed by atoms with Crippen LogP contribution in [0.3, 0.4) is 0 Å². The quantitative estimate of drug-likeness (QED) is 0.345. The van der Waals surface area contributed by atoms with Crippen LogP contribution in [0.1, 0.15) is 0 Å². The molecule has 26 heavy (non-hydrogen) atoms. The summed E-state index contributed by atoms with van der Waals surface area (Å²) in [6.45, 7) is -0.683. The summed E-state index contributed by atoms with van der Waals surface area (Å²) in [5.74, 6) is 0. The number of carbonyl (C=O) groups excluding carboxylic acids is 1. The molecule has 2 unspecified atom stereocenters. The first-order valence-corrected chi connectivity index (χ1v) is 9.39. The second kappa shape index (κ2) is 8.23. The molecule has 0 saturated carbocycles. The average Bonchev–Trinajstić information content (AvgIpc) is 2.54. The van der Waals surface area contributed by atoms with Crippen LogP contribution in [0.25, 0.3) is 0 Å². The summed E-state index contributed by atoms with van der Waals surface area (Å²) >= 11 is 11.5. The molecule has 0 aromatic heterocycles. The molecule has 1 aliphatic rings. The maximum atomic E-state index is 12.2. The molecule has 10 nitrogen and oxygen atoms in total. The van der Waals surface area contributed by atoms with Gasteiger partial charge in [0.2, 0.25) is 0 Å². The molecule has 2 rings (SSSR count). The molecule has 0 bridgehead atoms. The van der Waals surface area contributed by atoms with Gasteiger partial charge in [0.25, 0.3) is 10.0 Å². The number of aliphatic hydroxyl groups is 4. The third kappa shape index (κ3) is 4.56. The molecule has 1 aromatic carbocycles. The number of sulfonamides is 1. The highest BCUT2D eigenvalue weighted by Crippen LogP contribution is 2.25. The van der Waals surface area contributed by atoms with Crippen molar-refractivity contribution < 1.29 is 38.4 Å². The largest absolute Gasteiger partial charge is 0.394 e. The van der Waals surface area contributed by atoms with E-state index >= 15 is 0 Å². The van der Waals surface area contributed by atoms with E-state index in [1.54, 1.807) is 4.72 Å². The van der Waals surface area contributed by atoms with Crippen molar-refractivity contribution in [1.82, 2.24) is 10.0 Å². The molecule has 0 spiro atoms. The lowest BCUT2D eigenvalue weighted by Gasteiger charge is -2.40. The molecule has 5 atom stereocenters. The lowest BCUT2D eigenvalue weighted by molar-refractivity contribution is -0.252. The molecule has 0 radical (unpaired) electrons. The predicted octanol–water partition coefficient (Wildman–Crippen LogP) is -1.22. The number of nitrogens with one attached hydrogen (secondary N) is 2. The first-order chi connectivity index (χ1) is 12.1. The van der Waals surface area contributed by atoms with Crippen molar-refractivity contribution >= 4 is 39.3 Å². The van der Waals surface area contributed by atoms with Gasteiger partial charge in [0, 0.05) is 5.02 Å². The zero-order chi connectivity index (χ0) is 19.6. The number of aliphatic hydroxyl groups excluding tert-OH is 4. The van der Waals surface area contributed by atoms with Crippen molar-refractivity contribution in [3.8, 4) is 0 Å². The third-order valence-corrected chi connectivity index (χ3v) is 5.66. The van der Waals surface area contributed by atoms with E-state index in [1.807, 2.05) is 5.32 Å². The minimum absolute atomic E-state index is 0.191. The van der Waals surface area contributed by atoms with E-state index in [2.05, 4.69) is 0 Å². The Morgan fingerprint density at radius 1 is 1.19 bits per heavy atom. The maximum absolute atomic E-state index is 12.2. The molecule has 1 heterocycles. The van der Waals surface area contributed by atoms with Crippen LogP contribution < -0.4 is 10.0 Å². The molecule has 1 saturated heterocycles. The summed E-state index contributed by atoms with van der Waals surface area (Å²) in [6.07, 6.45) is -6.39. The molecular formula is C13H16Cl2N2O8S. The van der Waals surface area contributed by atoms with Gasteiger partial charge in [0.1, 0.15) is 29.2 Å². The monoisotopic (exact) mass is 430 g/mol. The van der Waals surface area contributed by atoms with Gasteiger partial charge in [-0.2, -0.15) is 0 Å². The number of amides is 2. The van der Waals surface area contributed by atoms with Crippen molar-refractivity contribution in [3.05, 3.63) is 28.2 Å². The van der Waals surface area contributed by atoms with Gasteiger partial charge in [-0.15, -0.1) is 0 Å². The smallest absolute Gasteiger partial charge is 0.329 e. The highest BCUT2D eigenvalue weighted by molar-refractivity contribution is 7.90. The van der Waals surface area contributed by atoms with Gasteiger partial charge in [-0.1, -0.05) is 23.2 Å². The summed E-state index contributed by atoms with van der Waals surface area (Å²) in [5.41, 5.74) is 0. The SMILES string of the molecule is O=C(N[C@H]1C(O)[C@H](O)C(CO)O[C@H]1O)NS(=O)(=O)c1ccc(Cl)cc1Cl. The van der Waals surface area contributed by atoms with Gasteiger partial charge in [-0.05, 0) is 18.2 Å². The normalized spacial score (nSPS) is 29.2. The summed E-state index contributed by atoms with van der Waals surface area (Å²) in [7, 11) is -4.38. The second-order valence-electron chi connectivity index (χ2n) is 5.41. The van der Waals surface area contributed by atoms with Crippen LogP contribution in [-0.2, 0) is 14.8 Å². The zero-order valence-corrected chi connectivity index (χ0v) is 15.2. The van der Waals surface area contributed by atoms with Crippen molar-refractivity contribution in [2.75, 3.05) is 6.61 Å². The van der Waals surface area contributed by atoms with Crippen LogP contribution in [0, 0.1) is 0 Å². The van der Waals surface area contributed by atoms with Crippen molar-refractivity contribution in [2.45, 2.75) is 35.5 Å². The highest BCUT2D eigenvalue weighted by atomic mass is 35.5. The Bertz CT molecular complexity index is 777. The number of hydrogen-bond acceptors (Lipinski definition) is 8. The lowest BCUT2D eigenvalue weighted by Crippen LogP contribution is -2.65. The number of rotatable bonds is 4. The van der Waals surface area contributed by atoms with E-state index in [0.717, 1.165) is 6.07 Å². The average molecular weight is 431 g/mol. The minimum Gasteiger partial charge on any atom is -0.394 e. The minimum atomic E-state index is -4.38. The first kappa shape index (κ1) is 21.1. The van der Waals surface area contributed by atoms with E-state index in [0.29, 0.717) is 0 Å². The first-order valence-electron chi connectivity index (χ1n) is 7.15. The van der Waals surface area contributed by atoms with Crippen molar-refractivity contribution in [3.63, 3.8) is 0 Å². The summed E-state index contributed by atoms with van der Waals surface area (Å²) in [4.78, 5) is 11.5. The van der Waals surface area contributed by atoms with Gasteiger partial charge < -0.3 is 30.5 Å². The molecule has 6 N–H and O–H groups in total. The Morgan fingerprint density at radius 3 is 2.42 bits per heavy atom. The number of carbonyl (C=O) groups is 1. The number of benzene rings is 1. The molecule has 1 aliphatic heterocycles. The predicted molar refractivity (Wildman–Crippen MR) is 89.1 cm³/mol. The summed E-state index contributed by atoms with van der Waals surface area (Å²) in [6, 6.07) is 0.654. The topological polar surface area (TPSA) is 165 Å². The van der Waals surface area contributed by atoms with E-state index in [1.165, 1.54) is 12.1 Å². The number of halogens is 2. The number of ether oxygens (including phenoxy) is 1. The van der Waals surface area contributed by atoms with E-state index in [-0.39, 0.29) is 10.0 Å². The van der Waals surface area contributed by atoms with Gasteiger partial charge in [-0.3, -0.25) is 0 Å². The van der Waals surface area contributed by atoms with Crippen LogP contribution >= 0.6 is 23.2 Å². The molecule has 1 fully saturated rings. The lowest BCUT2D eigenvalue weighted by atomic mass is 9.97. The molecule has 13 heteroatoms. The Morgan fingerprint density at radius 2 is 1.85 bits per heavy atom. The van der Waals surface area contributed by atoms with E-state index < -0.39 is 58.2 Å². The Kier molecular flexibility index (Phi) is 6.69. The summed E-state index contributed by atoms with van der Waals surface area (Å²) < 4.78 is 30.9. The second-order valence-corrected chi connectivity index (χ2v) is 7.90. The zero-order valence-electron chi connectivity index (χ0n) is 12.9. The van der Waals surface area contributed by atoms with Gasteiger partial charge in [0.15, 0.2) is 6.29 Å². The number of hydrogen-bond donors (Lipinski definition) is 6. The van der Waals surface area contributed by atoms with Crippen molar-refractivity contribution in [2.24, 2.45) is 0 Å². The molecule has 146 valence electrons. The van der Waals surface area contributed by atoms with E-state index in [4.69, 9.17) is 33.0 Å². The molecular weight excluding hydrogens is 415 g/mol. The summed E-state index contributed by atoms with van der Waals surface area (Å²) in [5, 5.41) is 40.4. The van der Waals surface area contributed by atoms with Crippen LogP contribution in [0.2, 0.25) is 10.0 Å². The van der Waals surface area contributed by atoms with Crippen LogP contribution in [0.15, 0.2) is 23.1 Å². The fourth-order valence-electron chi connectivity index (χ4n) is 2.30. The molecule has 2 amide bonds. The number of urea groups is 1. The Labute approximate surface area is 158 Å². The molecule has 1 aromatic rings. The van der Waals surface area contributed by atoms with Gasteiger partial charge >= 0.3 is 6.03 Å². The van der Waals surface area contributed by atoms with Crippen molar-refractivity contribution in [1.29, 1.82) is 0 Å². The third-order valence-electron chi connectivity index (χ3n) is 3.61. The maximum Gasteiger partial charge on any atom is 0.329 e. The Balaban J connectivity index is 2.10. The molecule has 0 aliphatic carbocycles. The van der Waals surface area contributed by atoms with Gasteiger partial charge in [0.05, 0.1) is 11.6 Å². The van der Waals surface area contributed by atoms with Gasteiger partial charge in [-0.25, -0.2) is 17.9 Å². The van der Waals surface area contributed by atoms with Crippen LogP contribution in [0.5, 0.6) is 0 Å². The fourth-order valence-corrected chi connectivity index (χ4v) is 3.99. The van der Waals surface area contributed by atoms with E-state index in [9.17, 15) is 28.5 Å². The Hall–Kier alpha value is -1.18. The highest BCUT2D eigenvalue weighted by Gasteiger charge is 2.44. The fraction of sp³-hybridized carbons (Fsp3) is 0.462. The van der Waals surface area contributed by atoms with Crippen LogP contribution in [0.4, 0.5) is 4.79 Å². The standard InChI is InChI=1S/C13H16Cl2N2O8S/c14-5-1-2-8(6(15)3-5)26(23,24)17-13(22)16-9-11(20)10(19)7(4-18)25-12(9)21/h1-3,7,9-12,18-21H,4H2,(H2,16,17,22)/t7?,9-,10+,11?,12+/m0/s1.